The van der Waals surface area contributed by atoms with E-state index in [-0.39, 0.29) is 23.1 Å². The average Bonchev–Trinajstić information content (AvgIpc) is 2.69. The standard InChI is InChI=1S/C27H37NO2/c1-7-8-19-30-26(5,6)20-25(3,4)28-21(2)27(24(28)29,22-15-11-9-12-16-22)23-17-13-10-14-18-23/h9-18,21H,7-8,19-20H2,1-6H3. The van der Waals surface area contributed by atoms with Crippen molar-refractivity contribution in [3.63, 3.8) is 0 Å². The molecule has 1 amide bonds. The van der Waals surface area contributed by atoms with Crippen LogP contribution in [-0.4, -0.2) is 34.6 Å². The lowest BCUT2D eigenvalue weighted by Crippen LogP contribution is -2.76. The highest BCUT2D eigenvalue weighted by Gasteiger charge is 2.63. The molecule has 2 aromatic carbocycles. The maximum Gasteiger partial charge on any atom is 0.240 e. The van der Waals surface area contributed by atoms with Crippen molar-refractivity contribution in [3.05, 3.63) is 71.8 Å². The zero-order chi connectivity index (χ0) is 22.0. The number of likely N-dealkylation sites (tertiary alicyclic amines) is 1. The Morgan fingerprint density at radius 2 is 1.43 bits per heavy atom. The minimum Gasteiger partial charge on any atom is -0.375 e. The quantitative estimate of drug-likeness (QED) is 0.379. The Kier molecular flexibility index (Phi) is 6.43. The van der Waals surface area contributed by atoms with Crippen LogP contribution >= 0.6 is 0 Å². The molecule has 30 heavy (non-hydrogen) atoms. The maximum absolute atomic E-state index is 14.0. The maximum atomic E-state index is 14.0. The number of nitrogens with zero attached hydrogens (tertiary/aromatic N) is 1. The first-order valence-electron chi connectivity index (χ1n) is 11.3. The van der Waals surface area contributed by atoms with Crippen LogP contribution in [0.15, 0.2) is 60.7 Å². The van der Waals surface area contributed by atoms with Gasteiger partial charge in [0.1, 0.15) is 5.41 Å². The lowest BCUT2D eigenvalue weighted by molar-refractivity contribution is -0.171. The van der Waals surface area contributed by atoms with Crippen molar-refractivity contribution >= 4 is 5.91 Å². The van der Waals surface area contributed by atoms with Gasteiger partial charge in [-0.05, 0) is 58.6 Å². The fourth-order valence-corrected chi connectivity index (χ4v) is 5.44. The molecule has 162 valence electrons. The Hall–Kier alpha value is -2.13. The van der Waals surface area contributed by atoms with E-state index in [1.165, 1.54) is 0 Å². The largest absolute Gasteiger partial charge is 0.375 e. The van der Waals surface area contributed by atoms with Gasteiger partial charge in [-0.15, -0.1) is 0 Å². The molecule has 1 heterocycles. The number of carbonyl (C=O) groups is 1. The minimum atomic E-state index is -0.632. The Labute approximate surface area is 182 Å². The van der Waals surface area contributed by atoms with Gasteiger partial charge in [-0.2, -0.15) is 0 Å². The molecule has 1 atom stereocenters. The SMILES string of the molecule is CCCCOC(C)(C)CC(C)(C)N1C(=O)C(c2ccccc2)(c2ccccc2)C1C. The summed E-state index contributed by atoms with van der Waals surface area (Å²) < 4.78 is 6.18. The van der Waals surface area contributed by atoms with Crippen LogP contribution in [0.2, 0.25) is 0 Å². The molecular formula is C27H37NO2. The van der Waals surface area contributed by atoms with E-state index in [1.54, 1.807) is 0 Å². The summed E-state index contributed by atoms with van der Waals surface area (Å²) in [5.74, 6) is 0.182. The van der Waals surface area contributed by atoms with E-state index in [4.69, 9.17) is 4.74 Å². The Balaban J connectivity index is 1.92. The molecule has 0 spiro atoms. The molecule has 0 bridgehead atoms. The van der Waals surface area contributed by atoms with Crippen molar-refractivity contribution in [1.29, 1.82) is 0 Å². The molecule has 0 saturated carbocycles. The fourth-order valence-electron chi connectivity index (χ4n) is 5.44. The van der Waals surface area contributed by atoms with Gasteiger partial charge in [-0.1, -0.05) is 74.0 Å². The molecule has 1 fully saturated rings. The number of benzene rings is 2. The lowest BCUT2D eigenvalue weighted by atomic mass is 9.60. The van der Waals surface area contributed by atoms with E-state index in [2.05, 4.69) is 70.7 Å². The van der Waals surface area contributed by atoms with Gasteiger partial charge in [0.25, 0.3) is 0 Å². The number of rotatable bonds is 9. The fraction of sp³-hybridized carbons (Fsp3) is 0.519. The van der Waals surface area contributed by atoms with Crippen LogP contribution < -0.4 is 0 Å². The van der Waals surface area contributed by atoms with E-state index in [0.717, 1.165) is 37.0 Å². The molecule has 0 aliphatic carbocycles. The number of hydrogen-bond acceptors (Lipinski definition) is 2. The summed E-state index contributed by atoms with van der Waals surface area (Å²) in [5, 5.41) is 0. The monoisotopic (exact) mass is 407 g/mol. The first-order valence-corrected chi connectivity index (χ1v) is 11.3. The molecule has 3 rings (SSSR count). The first-order chi connectivity index (χ1) is 14.2. The van der Waals surface area contributed by atoms with Crippen LogP contribution in [-0.2, 0) is 14.9 Å². The van der Waals surface area contributed by atoms with Crippen LogP contribution in [0.3, 0.4) is 0 Å². The van der Waals surface area contributed by atoms with E-state index < -0.39 is 5.41 Å². The second-order valence-corrected chi connectivity index (χ2v) is 9.84. The van der Waals surface area contributed by atoms with Crippen molar-refractivity contribution in [1.82, 2.24) is 4.90 Å². The van der Waals surface area contributed by atoms with Crippen LogP contribution in [0, 0.1) is 0 Å². The highest BCUT2D eigenvalue weighted by molar-refractivity contribution is 6.00. The van der Waals surface area contributed by atoms with Gasteiger partial charge >= 0.3 is 0 Å². The predicted molar refractivity (Wildman–Crippen MR) is 124 cm³/mol. The average molecular weight is 408 g/mol. The minimum absolute atomic E-state index is 0.0521. The Morgan fingerprint density at radius 3 is 1.87 bits per heavy atom. The molecule has 3 nitrogen and oxygen atoms in total. The summed E-state index contributed by atoms with van der Waals surface area (Å²) in [6.45, 7) is 13.8. The third kappa shape index (κ3) is 3.92. The zero-order valence-corrected chi connectivity index (χ0v) is 19.4. The van der Waals surface area contributed by atoms with Crippen molar-refractivity contribution < 1.29 is 9.53 Å². The number of amides is 1. The highest BCUT2D eigenvalue weighted by Crippen LogP contribution is 2.51. The van der Waals surface area contributed by atoms with Crippen molar-refractivity contribution in [2.24, 2.45) is 0 Å². The smallest absolute Gasteiger partial charge is 0.240 e. The lowest BCUT2D eigenvalue weighted by Gasteiger charge is -2.62. The van der Waals surface area contributed by atoms with Gasteiger partial charge in [0.2, 0.25) is 5.91 Å². The van der Waals surface area contributed by atoms with Gasteiger partial charge in [0.15, 0.2) is 0 Å². The van der Waals surface area contributed by atoms with E-state index >= 15 is 0 Å². The molecule has 1 aliphatic rings. The van der Waals surface area contributed by atoms with Crippen molar-refractivity contribution in [2.75, 3.05) is 6.61 Å². The summed E-state index contributed by atoms with van der Waals surface area (Å²) in [5.41, 5.74) is 0.918. The summed E-state index contributed by atoms with van der Waals surface area (Å²) >= 11 is 0. The van der Waals surface area contributed by atoms with Crippen LogP contribution in [0.1, 0.15) is 71.9 Å². The molecule has 0 aromatic heterocycles. The molecule has 1 unspecified atom stereocenters. The molecule has 1 saturated heterocycles. The Bertz CT molecular complexity index is 802. The van der Waals surface area contributed by atoms with Gasteiger partial charge in [-0.3, -0.25) is 4.79 Å². The second-order valence-electron chi connectivity index (χ2n) is 9.84. The van der Waals surface area contributed by atoms with Crippen LogP contribution in [0.4, 0.5) is 0 Å². The summed E-state index contributed by atoms with van der Waals surface area (Å²) in [6.07, 6.45) is 2.98. The molecule has 0 N–H and O–H groups in total. The molecule has 3 heteroatoms. The second kappa shape index (κ2) is 8.55. The molecule has 2 aromatic rings. The summed E-state index contributed by atoms with van der Waals surface area (Å²) in [4.78, 5) is 16.1. The van der Waals surface area contributed by atoms with Crippen LogP contribution in [0.25, 0.3) is 0 Å². The van der Waals surface area contributed by atoms with E-state index in [0.29, 0.717) is 0 Å². The van der Waals surface area contributed by atoms with Crippen LogP contribution in [0.5, 0.6) is 0 Å². The predicted octanol–water partition coefficient (Wildman–Crippen LogP) is 5.97. The molecule has 1 aliphatic heterocycles. The number of unbranched alkanes of at least 4 members (excludes halogenated alkanes) is 1. The van der Waals surface area contributed by atoms with Gasteiger partial charge < -0.3 is 9.64 Å². The third-order valence-corrected chi connectivity index (χ3v) is 6.53. The normalized spacial score (nSPS) is 18.9. The third-order valence-electron chi connectivity index (χ3n) is 6.53. The Morgan fingerprint density at radius 1 is 0.933 bits per heavy atom. The van der Waals surface area contributed by atoms with E-state index in [9.17, 15) is 4.79 Å². The molecular weight excluding hydrogens is 370 g/mol. The van der Waals surface area contributed by atoms with E-state index in [1.807, 2.05) is 36.4 Å². The zero-order valence-electron chi connectivity index (χ0n) is 19.4. The number of β-lactam (4-membered cyclic amide) rings is 1. The topological polar surface area (TPSA) is 29.5 Å². The van der Waals surface area contributed by atoms with Crippen molar-refractivity contribution in [2.45, 2.75) is 83.4 Å². The van der Waals surface area contributed by atoms with Gasteiger partial charge in [0, 0.05) is 12.1 Å². The molecule has 0 radical (unpaired) electrons. The number of hydrogen-bond donors (Lipinski definition) is 0. The van der Waals surface area contributed by atoms with Gasteiger partial charge in [0.05, 0.1) is 11.6 Å². The van der Waals surface area contributed by atoms with Gasteiger partial charge in [-0.25, -0.2) is 0 Å². The summed E-state index contributed by atoms with van der Waals surface area (Å²) in [7, 11) is 0. The van der Waals surface area contributed by atoms with Crippen molar-refractivity contribution in [3.8, 4) is 0 Å². The first kappa shape index (κ1) is 22.6. The number of ether oxygens (including phenoxy) is 1. The highest BCUT2D eigenvalue weighted by atomic mass is 16.5. The number of carbonyl (C=O) groups excluding carboxylic acids is 1. The summed E-state index contributed by atoms with van der Waals surface area (Å²) in [6, 6.07) is 20.5.